The number of methoxy groups -OCH3 is 2. The third-order valence-electron chi connectivity index (χ3n) is 4.88. The van der Waals surface area contributed by atoms with Gasteiger partial charge in [0.05, 0.1) is 19.8 Å². The van der Waals surface area contributed by atoms with Gasteiger partial charge in [-0.2, -0.15) is 0 Å². The van der Waals surface area contributed by atoms with Crippen LogP contribution in [-0.4, -0.2) is 61.9 Å². The number of benzene rings is 1. The van der Waals surface area contributed by atoms with E-state index in [0.717, 1.165) is 0 Å². The predicted molar refractivity (Wildman–Crippen MR) is 126 cm³/mol. The fourth-order valence-corrected chi connectivity index (χ4v) is 7.26. The maximum Gasteiger partial charge on any atom is 0.330 e. The number of rotatable bonds is 7. The van der Waals surface area contributed by atoms with Gasteiger partial charge in [-0.3, -0.25) is 9.79 Å². The average Bonchev–Trinajstić information content (AvgIpc) is 2.69. The summed E-state index contributed by atoms with van der Waals surface area (Å²) in [7, 11) is 5.57. The lowest BCUT2D eigenvalue weighted by Crippen LogP contribution is -2.76. The SMILES string of the molecule is C=C(C)C(C(=O)O)N1C(=O)C2(CC(Cl)(Cl)Cl)N=C(c3c(OC)cccc3OC)SSC12. The number of alkyl halides is 3. The van der Waals surface area contributed by atoms with E-state index in [1.807, 2.05) is 0 Å². The maximum absolute atomic E-state index is 13.4. The van der Waals surface area contributed by atoms with E-state index in [-0.39, 0.29) is 6.42 Å². The van der Waals surface area contributed by atoms with Crippen LogP contribution >= 0.6 is 56.4 Å². The Labute approximate surface area is 202 Å². The van der Waals surface area contributed by atoms with Gasteiger partial charge in [0.2, 0.25) is 0 Å². The summed E-state index contributed by atoms with van der Waals surface area (Å²) in [6.45, 7) is 5.27. The summed E-state index contributed by atoms with van der Waals surface area (Å²) in [6.07, 6.45) is -0.221. The molecule has 3 rings (SSSR count). The average molecular weight is 526 g/mol. The highest BCUT2D eigenvalue weighted by atomic mass is 35.6. The van der Waals surface area contributed by atoms with Crippen molar-refractivity contribution in [2.75, 3.05) is 14.2 Å². The summed E-state index contributed by atoms with van der Waals surface area (Å²) in [5, 5.41) is 9.45. The first-order chi connectivity index (χ1) is 14.5. The van der Waals surface area contributed by atoms with Gasteiger partial charge in [0.1, 0.15) is 21.9 Å². The number of carbonyl (C=O) groups is 2. The van der Waals surface area contributed by atoms with Gasteiger partial charge in [-0.1, -0.05) is 58.2 Å². The first kappa shape index (κ1) is 24.4. The second kappa shape index (κ2) is 8.94. The summed E-state index contributed by atoms with van der Waals surface area (Å²) in [5.74, 6) is -0.723. The van der Waals surface area contributed by atoms with Crippen LogP contribution in [0.15, 0.2) is 35.3 Å². The summed E-state index contributed by atoms with van der Waals surface area (Å²) in [5.41, 5.74) is -0.575. The molecule has 1 aromatic carbocycles. The molecular formula is C19H19Cl3N2O5S2. The fourth-order valence-electron chi connectivity index (χ4n) is 3.61. The molecule has 0 radical (unpaired) electrons. The topological polar surface area (TPSA) is 88.4 Å². The third kappa shape index (κ3) is 4.35. The van der Waals surface area contributed by atoms with Crippen molar-refractivity contribution >= 4 is 73.3 Å². The molecule has 0 bridgehead atoms. The Morgan fingerprint density at radius 2 is 1.94 bits per heavy atom. The van der Waals surface area contributed by atoms with E-state index in [9.17, 15) is 14.7 Å². The lowest BCUT2D eigenvalue weighted by atomic mass is 9.83. The summed E-state index contributed by atoms with van der Waals surface area (Å²) >= 11 is 18.2. The number of likely N-dealkylation sites (tertiary alicyclic amines) is 1. The zero-order valence-corrected chi connectivity index (χ0v) is 20.6. The molecule has 2 heterocycles. The predicted octanol–water partition coefficient (Wildman–Crippen LogP) is 4.54. The minimum absolute atomic E-state index is 0.221. The van der Waals surface area contributed by atoms with Crippen molar-refractivity contribution in [1.29, 1.82) is 0 Å². The molecule has 1 fully saturated rings. The largest absolute Gasteiger partial charge is 0.496 e. The lowest BCUT2D eigenvalue weighted by molar-refractivity contribution is -0.164. The van der Waals surface area contributed by atoms with Gasteiger partial charge in [-0.05, 0) is 35.4 Å². The zero-order chi connectivity index (χ0) is 23.1. The number of carboxylic acid groups (broad SMARTS) is 1. The standard InChI is InChI=1S/C19H19Cl3N2O5S2/c1-9(2)13(15(25)26)24-16(27)18(8-19(20,21)22)17(24)31-30-14(23-18)12-10(28-3)6-5-7-11(12)29-4/h5-7,13,17H,1,8H2,2-4H3,(H,25,26). The Morgan fingerprint density at radius 3 is 2.39 bits per heavy atom. The number of hydrogen-bond acceptors (Lipinski definition) is 7. The summed E-state index contributed by atoms with van der Waals surface area (Å²) < 4.78 is 9.13. The number of ether oxygens (including phenoxy) is 2. The third-order valence-corrected chi connectivity index (χ3v) is 7.93. The van der Waals surface area contributed by atoms with Crippen LogP contribution in [0.5, 0.6) is 11.5 Å². The number of nitrogens with zero attached hydrogens (tertiary/aromatic N) is 2. The number of aliphatic carboxylic acids is 1. The Balaban J connectivity index is 2.14. The van der Waals surface area contributed by atoms with Crippen LogP contribution in [0.4, 0.5) is 0 Å². The first-order valence-corrected chi connectivity index (χ1v) is 12.2. The molecular weight excluding hydrogens is 507 g/mol. The van der Waals surface area contributed by atoms with Crippen LogP contribution in [0.1, 0.15) is 18.9 Å². The van der Waals surface area contributed by atoms with Crippen LogP contribution in [0.3, 0.4) is 0 Å². The fraction of sp³-hybridized carbons (Fsp3) is 0.421. The maximum atomic E-state index is 13.4. The number of carbonyl (C=O) groups excluding carboxylic acids is 1. The molecule has 2 aliphatic rings. The molecule has 1 aromatic rings. The highest BCUT2D eigenvalue weighted by Crippen LogP contribution is 2.58. The van der Waals surface area contributed by atoms with E-state index in [1.165, 1.54) is 40.7 Å². The monoisotopic (exact) mass is 524 g/mol. The van der Waals surface area contributed by atoms with Crippen molar-refractivity contribution in [3.8, 4) is 11.5 Å². The van der Waals surface area contributed by atoms with Crippen LogP contribution < -0.4 is 9.47 Å². The number of amides is 1. The van der Waals surface area contributed by atoms with E-state index in [4.69, 9.17) is 49.3 Å². The molecule has 0 aliphatic carbocycles. The van der Waals surface area contributed by atoms with Gasteiger partial charge in [0.25, 0.3) is 5.91 Å². The molecule has 1 saturated heterocycles. The van der Waals surface area contributed by atoms with Crippen molar-refractivity contribution in [2.45, 2.75) is 34.1 Å². The van der Waals surface area contributed by atoms with Gasteiger partial charge in [0, 0.05) is 6.42 Å². The molecule has 31 heavy (non-hydrogen) atoms. The zero-order valence-electron chi connectivity index (χ0n) is 16.7. The highest BCUT2D eigenvalue weighted by molar-refractivity contribution is 8.82. The minimum atomic E-state index is -1.79. The van der Waals surface area contributed by atoms with E-state index in [0.29, 0.717) is 27.7 Å². The Morgan fingerprint density at radius 1 is 1.35 bits per heavy atom. The molecule has 3 atom stereocenters. The van der Waals surface area contributed by atoms with E-state index < -0.39 is 32.6 Å². The molecule has 0 saturated carbocycles. The Bertz CT molecular complexity index is 932. The van der Waals surface area contributed by atoms with Crippen molar-refractivity contribution in [1.82, 2.24) is 4.90 Å². The van der Waals surface area contributed by atoms with E-state index in [1.54, 1.807) is 25.1 Å². The summed E-state index contributed by atoms with van der Waals surface area (Å²) in [6, 6.07) is 4.06. The molecule has 1 N–H and O–H groups in total. The van der Waals surface area contributed by atoms with E-state index in [2.05, 4.69) is 6.58 Å². The second-order valence-electron chi connectivity index (χ2n) is 7.00. The number of hydrogen-bond donors (Lipinski definition) is 1. The number of β-lactam (4-membered cyclic amide) rings is 1. The first-order valence-electron chi connectivity index (χ1n) is 8.89. The highest BCUT2D eigenvalue weighted by Gasteiger charge is 2.68. The molecule has 0 aromatic heterocycles. The number of aliphatic imine (C=N–C) groups is 1. The van der Waals surface area contributed by atoms with Crippen molar-refractivity contribution < 1.29 is 24.2 Å². The van der Waals surface area contributed by atoms with Gasteiger partial charge < -0.3 is 19.5 Å². The molecule has 3 unspecified atom stereocenters. The quantitative estimate of drug-likeness (QED) is 0.242. The van der Waals surface area contributed by atoms with Crippen molar-refractivity contribution in [3.05, 3.63) is 35.9 Å². The Kier molecular flexibility index (Phi) is 7.03. The van der Waals surface area contributed by atoms with Gasteiger partial charge in [-0.25, -0.2) is 4.79 Å². The van der Waals surface area contributed by atoms with Crippen LogP contribution in [0, 0.1) is 0 Å². The summed E-state index contributed by atoms with van der Waals surface area (Å²) in [4.78, 5) is 31.2. The van der Waals surface area contributed by atoms with Gasteiger partial charge in [0.15, 0.2) is 15.4 Å². The molecule has 0 spiro atoms. The molecule has 2 aliphatic heterocycles. The second-order valence-corrected chi connectivity index (χ2v) is 11.8. The molecule has 168 valence electrons. The number of carboxylic acids is 1. The molecule has 1 amide bonds. The number of fused-ring (bicyclic) bond motifs is 1. The molecule has 7 nitrogen and oxygen atoms in total. The normalized spacial score (nSPS) is 23.9. The molecule has 12 heteroatoms. The van der Waals surface area contributed by atoms with Gasteiger partial charge >= 0.3 is 5.97 Å². The van der Waals surface area contributed by atoms with Gasteiger partial charge in [-0.15, -0.1) is 0 Å². The van der Waals surface area contributed by atoms with Crippen LogP contribution in [0.25, 0.3) is 0 Å². The lowest BCUT2D eigenvalue weighted by Gasteiger charge is -2.57. The van der Waals surface area contributed by atoms with Crippen LogP contribution in [-0.2, 0) is 9.59 Å². The van der Waals surface area contributed by atoms with E-state index >= 15 is 0 Å². The van der Waals surface area contributed by atoms with Crippen molar-refractivity contribution in [3.63, 3.8) is 0 Å². The van der Waals surface area contributed by atoms with Crippen molar-refractivity contribution in [2.24, 2.45) is 4.99 Å². The Hall–Kier alpha value is -1.26. The number of halogens is 3. The van der Waals surface area contributed by atoms with Crippen LogP contribution in [0.2, 0.25) is 0 Å². The minimum Gasteiger partial charge on any atom is -0.496 e. The smallest absolute Gasteiger partial charge is 0.330 e.